The summed E-state index contributed by atoms with van der Waals surface area (Å²) in [6.07, 6.45) is 2.96. The molecule has 0 bridgehead atoms. The van der Waals surface area contributed by atoms with E-state index in [2.05, 4.69) is 4.98 Å². The fourth-order valence-electron chi connectivity index (χ4n) is 3.12. The number of carbonyl (C=O) groups excluding carboxylic acids is 2. The van der Waals surface area contributed by atoms with Crippen LogP contribution in [0.2, 0.25) is 0 Å². The van der Waals surface area contributed by atoms with Gasteiger partial charge in [0.15, 0.2) is 15.2 Å². The summed E-state index contributed by atoms with van der Waals surface area (Å²) in [5.41, 5.74) is 1.41. The Morgan fingerprint density at radius 1 is 1.42 bits per heavy atom. The number of carbonyl (C=O) groups is 2. The standard InChI is InChI=1S/C15H16N2O5S.Na/c1-8-4-5-16-9(6-8)7-10-12(18)17-11(14(19)20)15(2,3)23(21,22)13(10)17;/h4-7,11,13H,1-3H3,(H,19,20);/q;+1/p-1/b10-7-;/t11-,13+;/m0./s1. The Kier molecular flexibility index (Phi) is 4.73. The molecule has 0 spiro atoms. The van der Waals surface area contributed by atoms with Gasteiger partial charge in [0, 0.05) is 6.20 Å². The van der Waals surface area contributed by atoms with Gasteiger partial charge in [0.25, 0.3) is 5.91 Å². The molecule has 0 aromatic carbocycles. The first-order valence-electron chi connectivity index (χ1n) is 7.00. The van der Waals surface area contributed by atoms with Crippen LogP contribution in [0.1, 0.15) is 25.1 Å². The topological polar surface area (TPSA) is 107 Å². The fourth-order valence-corrected chi connectivity index (χ4v) is 5.24. The minimum Gasteiger partial charge on any atom is -0.548 e. The van der Waals surface area contributed by atoms with Crippen molar-refractivity contribution >= 4 is 27.8 Å². The molecule has 0 radical (unpaired) electrons. The van der Waals surface area contributed by atoms with Gasteiger partial charge in [-0.2, -0.15) is 0 Å². The molecule has 122 valence electrons. The zero-order chi connectivity index (χ0) is 17.2. The Hall–Kier alpha value is -1.22. The van der Waals surface area contributed by atoms with Crippen molar-refractivity contribution in [2.24, 2.45) is 0 Å². The van der Waals surface area contributed by atoms with Gasteiger partial charge in [0.2, 0.25) is 0 Å². The normalized spacial score (nSPS) is 28.0. The molecule has 2 aliphatic rings. The monoisotopic (exact) mass is 358 g/mol. The number of hydrogen-bond acceptors (Lipinski definition) is 6. The van der Waals surface area contributed by atoms with Crippen LogP contribution in [0.15, 0.2) is 23.9 Å². The quantitative estimate of drug-likeness (QED) is 0.306. The van der Waals surface area contributed by atoms with E-state index in [0.717, 1.165) is 10.5 Å². The van der Waals surface area contributed by atoms with E-state index in [-0.39, 0.29) is 35.1 Å². The molecule has 1 aromatic heterocycles. The second kappa shape index (κ2) is 5.94. The summed E-state index contributed by atoms with van der Waals surface area (Å²) in [4.78, 5) is 28.6. The van der Waals surface area contributed by atoms with Gasteiger partial charge < -0.3 is 14.8 Å². The Morgan fingerprint density at radius 3 is 2.58 bits per heavy atom. The van der Waals surface area contributed by atoms with E-state index in [1.165, 1.54) is 19.9 Å². The predicted octanol–water partition coefficient (Wildman–Crippen LogP) is -3.73. The van der Waals surface area contributed by atoms with Crippen molar-refractivity contribution in [1.82, 2.24) is 9.88 Å². The molecule has 2 fully saturated rings. The van der Waals surface area contributed by atoms with E-state index >= 15 is 0 Å². The van der Waals surface area contributed by atoms with Crippen molar-refractivity contribution in [1.29, 1.82) is 0 Å². The molecular formula is C15H15N2NaO5S. The van der Waals surface area contributed by atoms with Crippen LogP contribution in [0.4, 0.5) is 0 Å². The number of β-lactam (4-membered cyclic amide) rings is 1. The molecule has 2 saturated heterocycles. The van der Waals surface area contributed by atoms with Crippen LogP contribution in [0, 0.1) is 6.92 Å². The van der Waals surface area contributed by atoms with Crippen LogP contribution in [-0.4, -0.2) is 46.3 Å². The third-order valence-electron chi connectivity index (χ3n) is 4.43. The molecule has 0 N–H and O–H groups in total. The summed E-state index contributed by atoms with van der Waals surface area (Å²) in [6.45, 7) is 4.45. The van der Waals surface area contributed by atoms with Gasteiger partial charge in [0.1, 0.15) is 0 Å². The third kappa shape index (κ3) is 2.44. The maximum absolute atomic E-state index is 12.7. The van der Waals surface area contributed by atoms with E-state index in [9.17, 15) is 23.1 Å². The average Bonchev–Trinajstić information content (AvgIpc) is 2.58. The number of aliphatic carboxylic acids is 1. The molecule has 7 nitrogen and oxygen atoms in total. The fraction of sp³-hybridized carbons (Fsp3) is 0.400. The Bertz CT molecular complexity index is 862. The first-order valence-corrected chi connectivity index (χ1v) is 8.55. The number of sulfone groups is 1. The van der Waals surface area contributed by atoms with Gasteiger partial charge in [-0.15, -0.1) is 0 Å². The number of rotatable bonds is 2. The second-order valence-corrected chi connectivity index (χ2v) is 8.88. The summed E-state index contributed by atoms with van der Waals surface area (Å²) in [5, 5.41) is 10.1. The third-order valence-corrected chi connectivity index (χ3v) is 7.19. The molecule has 9 heteroatoms. The van der Waals surface area contributed by atoms with Crippen molar-refractivity contribution in [3.05, 3.63) is 35.2 Å². The van der Waals surface area contributed by atoms with Crippen LogP contribution in [0.25, 0.3) is 6.08 Å². The minimum absolute atomic E-state index is 0. The summed E-state index contributed by atoms with van der Waals surface area (Å²) >= 11 is 0. The number of pyridine rings is 1. The zero-order valence-corrected chi connectivity index (χ0v) is 16.6. The van der Waals surface area contributed by atoms with Gasteiger partial charge >= 0.3 is 29.6 Å². The van der Waals surface area contributed by atoms with Crippen LogP contribution < -0.4 is 34.7 Å². The molecule has 3 rings (SSSR count). The zero-order valence-electron chi connectivity index (χ0n) is 13.8. The first kappa shape index (κ1) is 19.1. The largest absolute Gasteiger partial charge is 1.00 e. The summed E-state index contributed by atoms with van der Waals surface area (Å²) in [5.74, 6) is -2.18. The predicted molar refractivity (Wildman–Crippen MR) is 79.4 cm³/mol. The SMILES string of the molecule is Cc1ccnc(/C=C2/C(=O)N3[C@@H](C(=O)[O-])C(C)(C)S(=O)(=O)[C@H]23)c1.[Na+]. The molecule has 0 unspecified atom stereocenters. The number of fused-ring (bicyclic) bond motifs is 1. The number of aryl methyl sites for hydroxylation is 1. The Morgan fingerprint density at radius 2 is 2.04 bits per heavy atom. The van der Waals surface area contributed by atoms with Gasteiger partial charge in [0.05, 0.1) is 28.0 Å². The van der Waals surface area contributed by atoms with Crippen molar-refractivity contribution in [2.75, 3.05) is 0 Å². The summed E-state index contributed by atoms with van der Waals surface area (Å²) in [6, 6.07) is 2.00. The number of nitrogens with zero attached hydrogens (tertiary/aromatic N) is 2. The van der Waals surface area contributed by atoms with Crippen molar-refractivity contribution < 1.29 is 52.7 Å². The Labute approximate surface area is 162 Å². The first-order chi connectivity index (χ1) is 10.6. The maximum Gasteiger partial charge on any atom is 1.00 e. The van der Waals surface area contributed by atoms with Crippen molar-refractivity contribution in [3.8, 4) is 0 Å². The minimum atomic E-state index is -3.88. The van der Waals surface area contributed by atoms with E-state index in [1.807, 2.05) is 6.92 Å². The number of carboxylic acids is 1. The number of amides is 1. The summed E-state index contributed by atoms with van der Waals surface area (Å²) in [7, 11) is -3.88. The van der Waals surface area contributed by atoms with E-state index < -0.39 is 37.9 Å². The van der Waals surface area contributed by atoms with Crippen molar-refractivity contribution in [2.45, 2.75) is 36.9 Å². The van der Waals surface area contributed by atoms with Crippen molar-refractivity contribution in [3.63, 3.8) is 0 Å². The Balaban J connectivity index is 0.00000208. The number of aromatic nitrogens is 1. The molecule has 24 heavy (non-hydrogen) atoms. The molecule has 1 amide bonds. The summed E-state index contributed by atoms with van der Waals surface area (Å²) < 4.78 is 23.7. The molecule has 2 atom stereocenters. The van der Waals surface area contributed by atoms with Crippen LogP contribution in [0.5, 0.6) is 0 Å². The number of carboxylic acid groups (broad SMARTS) is 1. The molecular weight excluding hydrogens is 343 g/mol. The molecule has 3 heterocycles. The molecule has 0 aliphatic carbocycles. The van der Waals surface area contributed by atoms with E-state index in [0.29, 0.717) is 5.69 Å². The van der Waals surface area contributed by atoms with E-state index in [4.69, 9.17) is 0 Å². The molecule has 1 aromatic rings. The van der Waals surface area contributed by atoms with Gasteiger partial charge in [-0.1, -0.05) is 0 Å². The second-order valence-electron chi connectivity index (χ2n) is 6.29. The van der Waals surface area contributed by atoms with Crippen LogP contribution >= 0.6 is 0 Å². The van der Waals surface area contributed by atoms with Gasteiger partial charge in [-0.3, -0.25) is 9.78 Å². The van der Waals surface area contributed by atoms with Gasteiger partial charge in [-0.05, 0) is 44.5 Å². The average molecular weight is 358 g/mol. The van der Waals surface area contributed by atoms with Crippen LogP contribution in [0.3, 0.4) is 0 Å². The van der Waals surface area contributed by atoms with Crippen LogP contribution in [-0.2, 0) is 19.4 Å². The van der Waals surface area contributed by atoms with E-state index in [1.54, 1.807) is 18.3 Å². The van der Waals surface area contributed by atoms with Gasteiger partial charge in [-0.25, -0.2) is 8.42 Å². The molecule has 0 saturated carbocycles. The number of hydrogen-bond donors (Lipinski definition) is 0. The molecule has 2 aliphatic heterocycles. The smallest absolute Gasteiger partial charge is 0.548 e. The maximum atomic E-state index is 12.7.